The fraction of sp³-hybridized carbons (Fsp3) is 0.529. The Morgan fingerprint density at radius 3 is 1.88 bits per heavy atom. The van der Waals surface area contributed by atoms with Gasteiger partial charge in [-0.1, -0.05) is 48.9 Å². The van der Waals surface area contributed by atoms with Crippen LogP contribution in [-0.2, 0) is 0 Å². The summed E-state index contributed by atoms with van der Waals surface area (Å²) in [4.78, 5) is 2.38. The monoisotopic (exact) mass is 446 g/mol. The van der Waals surface area contributed by atoms with E-state index in [2.05, 4.69) is 0 Å². The summed E-state index contributed by atoms with van der Waals surface area (Å²) in [6, 6.07) is 0. The van der Waals surface area contributed by atoms with Crippen molar-refractivity contribution in [2.75, 3.05) is 5.75 Å². The van der Waals surface area contributed by atoms with Gasteiger partial charge in [-0.3, -0.25) is 0 Å². The average Bonchev–Trinajstić information content (AvgIpc) is 3.07. The standard InChI is InChI=1S/C17H18O2S6/c1-6-8(3-10(20)13(18)15(6)22)12-5-24-17(25-12)9-4-11(21)14(19)16(23)7(9)2/h12-14,17-19H,3-5H2,1-2H3. The lowest BCUT2D eigenvalue weighted by Gasteiger charge is -2.29. The minimum absolute atomic E-state index is 0.280. The van der Waals surface area contributed by atoms with Gasteiger partial charge in [-0.05, 0) is 36.1 Å². The normalized spacial score (nSPS) is 34.4. The summed E-state index contributed by atoms with van der Waals surface area (Å²) in [5.74, 6) is 0.974. The smallest absolute Gasteiger partial charge is 0.121 e. The number of hydrogen-bond acceptors (Lipinski definition) is 8. The zero-order chi connectivity index (χ0) is 18.5. The van der Waals surface area contributed by atoms with E-state index in [-0.39, 0.29) is 4.58 Å². The number of thiocarbonyl (C=S) groups is 4. The zero-order valence-corrected chi connectivity index (χ0v) is 18.7. The zero-order valence-electron chi connectivity index (χ0n) is 13.8. The first-order valence-corrected chi connectivity index (χ1v) is 11.5. The number of rotatable bonds is 2. The van der Waals surface area contributed by atoms with Gasteiger partial charge in [0.2, 0.25) is 0 Å². The topological polar surface area (TPSA) is 40.5 Å². The highest BCUT2D eigenvalue weighted by Crippen LogP contribution is 2.49. The third-order valence-corrected chi connectivity index (χ3v) is 10.1. The second kappa shape index (κ2) is 7.83. The Bertz CT molecular complexity index is 688. The molecule has 0 bridgehead atoms. The molecule has 25 heavy (non-hydrogen) atoms. The molecule has 1 fully saturated rings. The molecule has 0 amide bonds. The second-order valence-electron chi connectivity index (χ2n) is 6.41. The molecule has 0 spiro atoms. The van der Waals surface area contributed by atoms with Crippen molar-refractivity contribution in [3.8, 4) is 0 Å². The maximum atomic E-state index is 10.1. The maximum absolute atomic E-state index is 10.1. The van der Waals surface area contributed by atoms with Crippen LogP contribution in [0.5, 0.6) is 0 Å². The van der Waals surface area contributed by atoms with Crippen molar-refractivity contribution < 1.29 is 10.2 Å². The third-order valence-electron chi connectivity index (χ3n) is 4.90. The van der Waals surface area contributed by atoms with Crippen LogP contribution < -0.4 is 0 Å². The van der Waals surface area contributed by atoms with E-state index < -0.39 is 12.2 Å². The molecule has 0 aromatic heterocycles. The maximum Gasteiger partial charge on any atom is 0.121 e. The molecule has 1 heterocycles. The van der Waals surface area contributed by atoms with Gasteiger partial charge in [0.25, 0.3) is 0 Å². The summed E-state index contributed by atoms with van der Waals surface area (Å²) in [7, 11) is 0. The lowest BCUT2D eigenvalue weighted by Crippen LogP contribution is -2.35. The summed E-state index contributed by atoms with van der Waals surface area (Å²) >= 11 is 25.2. The van der Waals surface area contributed by atoms with Gasteiger partial charge in [0, 0.05) is 33.6 Å². The molecule has 4 atom stereocenters. The summed E-state index contributed by atoms with van der Waals surface area (Å²) in [5, 5.41) is 20.5. The molecular formula is C17H18O2S6. The van der Waals surface area contributed by atoms with Gasteiger partial charge >= 0.3 is 0 Å². The molecule has 1 saturated heterocycles. The SMILES string of the molecule is CC1=C(C2CSC(C3=C(C)C(=S)C(O)C(=S)C3)S2)CC(=S)C(O)C1=S. The van der Waals surface area contributed by atoms with Crippen molar-refractivity contribution in [3.63, 3.8) is 0 Å². The largest absolute Gasteiger partial charge is 0.382 e. The first-order valence-electron chi connectivity index (χ1n) is 7.88. The molecule has 2 aliphatic carbocycles. The highest BCUT2D eigenvalue weighted by molar-refractivity contribution is 8.20. The average molecular weight is 447 g/mol. The van der Waals surface area contributed by atoms with E-state index in [1.807, 2.05) is 37.4 Å². The number of thioether (sulfide) groups is 2. The molecule has 0 aromatic rings. The van der Waals surface area contributed by atoms with Gasteiger partial charge in [-0.25, -0.2) is 0 Å². The Labute approximate surface area is 177 Å². The molecule has 0 saturated carbocycles. The molecule has 134 valence electrons. The number of hydrogen-bond donors (Lipinski definition) is 2. The van der Waals surface area contributed by atoms with Gasteiger partial charge in [0.15, 0.2) is 0 Å². The molecule has 2 nitrogen and oxygen atoms in total. The fourth-order valence-corrected chi connectivity index (χ4v) is 8.14. The van der Waals surface area contributed by atoms with Crippen molar-refractivity contribution in [1.82, 2.24) is 0 Å². The molecule has 2 N–H and O–H groups in total. The van der Waals surface area contributed by atoms with Crippen molar-refractivity contribution in [3.05, 3.63) is 22.3 Å². The molecule has 8 heteroatoms. The van der Waals surface area contributed by atoms with Crippen LogP contribution in [0.15, 0.2) is 22.3 Å². The number of aliphatic hydroxyl groups is 2. The fourth-order valence-electron chi connectivity index (χ4n) is 3.24. The quantitative estimate of drug-likeness (QED) is 0.621. The van der Waals surface area contributed by atoms with Crippen LogP contribution in [0, 0.1) is 0 Å². The van der Waals surface area contributed by atoms with Crippen LogP contribution in [-0.4, -0.2) is 57.5 Å². The summed E-state index contributed by atoms with van der Waals surface area (Å²) in [6.07, 6.45) is -0.252. The van der Waals surface area contributed by atoms with E-state index in [9.17, 15) is 10.2 Å². The summed E-state index contributed by atoms with van der Waals surface area (Å²) in [5.41, 5.74) is 4.51. The van der Waals surface area contributed by atoms with Crippen LogP contribution in [0.2, 0.25) is 0 Å². The van der Waals surface area contributed by atoms with Crippen molar-refractivity contribution >= 4 is 91.9 Å². The lowest BCUT2D eigenvalue weighted by atomic mass is 9.88. The first kappa shape index (κ1) is 20.2. The molecule has 3 rings (SSSR count). The third kappa shape index (κ3) is 3.74. The van der Waals surface area contributed by atoms with Crippen LogP contribution in [0.4, 0.5) is 0 Å². The van der Waals surface area contributed by atoms with Crippen LogP contribution >= 0.6 is 72.4 Å². The summed E-state index contributed by atoms with van der Waals surface area (Å²) in [6.45, 7) is 3.98. The van der Waals surface area contributed by atoms with Crippen LogP contribution in [0.25, 0.3) is 0 Å². The molecule has 0 radical (unpaired) electrons. The van der Waals surface area contributed by atoms with Crippen molar-refractivity contribution in [2.45, 2.75) is 48.7 Å². The van der Waals surface area contributed by atoms with E-state index in [0.29, 0.717) is 37.5 Å². The second-order valence-corrected chi connectivity index (χ2v) is 11.1. The molecule has 3 aliphatic rings. The Kier molecular flexibility index (Phi) is 6.33. The Morgan fingerprint density at radius 1 is 0.840 bits per heavy atom. The molecule has 4 unspecified atom stereocenters. The van der Waals surface area contributed by atoms with E-state index in [1.165, 1.54) is 11.1 Å². The lowest BCUT2D eigenvalue weighted by molar-refractivity contribution is 0.307. The van der Waals surface area contributed by atoms with Gasteiger partial charge < -0.3 is 10.2 Å². The Balaban J connectivity index is 1.83. The van der Waals surface area contributed by atoms with E-state index in [0.717, 1.165) is 16.9 Å². The Hall–Kier alpha value is 0.460. The van der Waals surface area contributed by atoms with Gasteiger partial charge in [-0.15, -0.1) is 23.5 Å². The van der Waals surface area contributed by atoms with E-state index in [1.54, 1.807) is 0 Å². The van der Waals surface area contributed by atoms with Crippen molar-refractivity contribution in [1.29, 1.82) is 0 Å². The van der Waals surface area contributed by atoms with Gasteiger partial charge in [-0.2, -0.15) is 0 Å². The van der Waals surface area contributed by atoms with Crippen LogP contribution in [0.1, 0.15) is 26.7 Å². The first-order chi connectivity index (χ1) is 11.7. The van der Waals surface area contributed by atoms with Gasteiger partial charge in [0.1, 0.15) is 12.2 Å². The van der Waals surface area contributed by atoms with Crippen molar-refractivity contribution in [2.24, 2.45) is 0 Å². The molecule has 0 aromatic carbocycles. The molecule has 1 aliphatic heterocycles. The van der Waals surface area contributed by atoms with Gasteiger partial charge in [0.05, 0.1) is 14.3 Å². The predicted octanol–water partition coefficient (Wildman–Crippen LogP) is 3.80. The van der Waals surface area contributed by atoms with E-state index >= 15 is 0 Å². The Morgan fingerprint density at radius 2 is 1.32 bits per heavy atom. The van der Waals surface area contributed by atoms with E-state index in [4.69, 9.17) is 48.9 Å². The summed E-state index contributed by atoms with van der Waals surface area (Å²) < 4.78 is 0.280. The highest BCUT2D eigenvalue weighted by Gasteiger charge is 2.38. The predicted molar refractivity (Wildman–Crippen MR) is 125 cm³/mol. The number of aliphatic hydroxyl groups excluding tert-OH is 2. The van der Waals surface area contributed by atoms with Crippen LogP contribution in [0.3, 0.4) is 0 Å². The minimum atomic E-state index is -0.763. The minimum Gasteiger partial charge on any atom is -0.382 e. The highest BCUT2D eigenvalue weighted by atomic mass is 32.2. The molecular weight excluding hydrogens is 429 g/mol.